The first kappa shape index (κ1) is 46.8. The van der Waals surface area contributed by atoms with Crippen LogP contribution in [0, 0.1) is 23.7 Å². The molecule has 2 fully saturated rings. The number of carbonyl (C=O) groups excluding carboxylic acids is 6. The van der Waals surface area contributed by atoms with Gasteiger partial charge >= 0.3 is 11.9 Å². The molecule has 7 N–H and O–H groups in total. The third kappa shape index (κ3) is 18.2. The predicted octanol–water partition coefficient (Wildman–Crippen LogP) is 1.73. The number of phenols is 1. The molecular weight excluding hydrogens is 712 g/mol. The number of aromatic hydroxyl groups is 1. The second-order valence-electron chi connectivity index (χ2n) is 14.8. The fourth-order valence-electron chi connectivity index (χ4n) is 6.07. The van der Waals surface area contributed by atoms with E-state index in [1.807, 2.05) is 27.7 Å². The molecule has 15 heteroatoms. The maximum Gasteiger partial charge on any atom is 0.338 e. The number of hydrogen-bond donors (Lipinski definition) is 5. The first-order valence-electron chi connectivity index (χ1n) is 19.5. The fraction of sp³-hybridized carbons (Fsp3) is 0.675. The molecule has 2 heterocycles. The van der Waals surface area contributed by atoms with E-state index in [0.717, 1.165) is 24.8 Å². The Balaban J connectivity index is 0.000000380. The number of carbonyl (C=O) groups is 6. The van der Waals surface area contributed by atoms with E-state index < -0.39 is 48.2 Å². The van der Waals surface area contributed by atoms with E-state index in [1.54, 1.807) is 38.1 Å². The van der Waals surface area contributed by atoms with Gasteiger partial charge in [0.05, 0.1) is 13.2 Å². The first-order valence-corrected chi connectivity index (χ1v) is 19.5. The van der Waals surface area contributed by atoms with Crippen LogP contribution in [0.4, 0.5) is 0 Å². The zero-order valence-corrected chi connectivity index (χ0v) is 33.3. The van der Waals surface area contributed by atoms with Crippen LogP contribution >= 0.6 is 0 Å². The average Bonchev–Trinajstić information content (AvgIpc) is 4.04. The second kappa shape index (κ2) is 24.2. The van der Waals surface area contributed by atoms with E-state index >= 15 is 0 Å². The summed E-state index contributed by atoms with van der Waals surface area (Å²) >= 11 is 0. The quantitative estimate of drug-likeness (QED) is 0.0314. The highest BCUT2D eigenvalue weighted by Gasteiger charge is 2.52. The number of hydrogen-bond acceptors (Lipinski definition) is 11. The molecule has 0 spiro atoms. The van der Waals surface area contributed by atoms with E-state index in [1.165, 1.54) is 0 Å². The van der Waals surface area contributed by atoms with Crippen LogP contribution in [-0.4, -0.2) is 97.0 Å². The van der Waals surface area contributed by atoms with Crippen molar-refractivity contribution in [1.82, 2.24) is 10.6 Å². The zero-order chi connectivity index (χ0) is 41.1. The van der Waals surface area contributed by atoms with Gasteiger partial charge in [-0.15, -0.1) is 0 Å². The molecule has 15 nitrogen and oxygen atoms in total. The van der Waals surface area contributed by atoms with Crippen molar-refractivity contribution < 1.29 is 58.2 Å². The van der Waals surface area contributed by atoms with Gasteiger partial charge in [0.1, 0.15) is 5.75 Å². The van der Waals surface area contributed by atoms with Gasteiger partial charge in [-0.3, -0.25) is 30.3 Å². The monoisotopic (exact) mass is 775 g/mol. The largest absolute Gasteiger partial charge is 0.508 e. The zero-order valence-electron chi connectivity index (χ0n) is 33.3. The number of unbranched alkanes of at least 4 members (excludes halogenated alkanes) is 2. The topological polar surface area (TPSA) is 242 Å². The number of benzene rings is 1. The smallest absolute Gasteiger partial charge is 0.338 e. The van der Waals surface area contributed by atoms with Crippen molar-refractivity contribution in [2.45, 2.75) is 124 Å². The molecule has 1 aromatic rings. The number of rotatable bonds is 25. The number of ketones is 2. The average molecular weight is 776 g/mol. The van der Waals surface area contributed by atoms with Crippen molar-refractivity contribution in [2.75, 3.05) is 26.3 Å². The van der Waals surface area contributed by atoms with Crippen LogP contribution in [0.25, 0.3) is 0 Å². The maximum absolute atomic E-state index is 12.6. The summed E-state index contributed by atoms with van der Waals surface area (Å²) in [6, 6.07) is 6.81. The molecule has 0 saturated carbocycles. The van der Waals surface area contributed by atoms with E-state index in [-0.39, 0.29) is 67.0 Å². The maximum atomic E-state index is 12.6. The van der Waals surface area contributed by atoms with Gasteiger partial charge in [-0.1, -0.05) is 46.2 Å². The van der Waals surface area contributed by atoms with Crippen LogP contribution in [0.2, 0.25) is 0 Å². The lowest BCUT2D eigenvalue weighted by Gasteiger charge is -2.18. The minimum Gasteiger partial charge on any atom is -0.508 e. The Bertz CT molecular complexity index is 1430. The molecule has 2 amide bonds. The minimum atomic E-state index is -0.829. The lowest BCUT2D eigenvalue weighted by Crippen LogP contribution is -2.45. The van der Waals surface area contributed by atoms with Gasteiger partial charge in [0, 0.05) is 44.2 Å². The van der Waals surface area contributed by atoms with Crippen molar-refractivity contribution in [3.8, 4) is 5.75 Å². The summed E-state index contributed by atoms with van der Waals surface area (Å²) < 4.78 is 20.0. The molecule has 308 valence electrons. The van der Waals surface area contributed by atoms with Gasteiger partial charge in [-0.25, -0.2) is 9.59 Å². The third-order valence-corrected chi connectivity index (χ3v) is 8.89. The molecule has 2 aliphatic heterocycles. The number of ether oxygens (including phenoxy) is 4. The molecular formula is C40H63N4O11+. The first-order chi connectivity index (χ1) is 26.1. The summed E-state index contributed by atoms with van der Waals surface area (Å²) in [6.07, 6.45) is 2.04. The highest BCUT2D eigenvalue weighted by molar-refractivity contribution is 5.97. The molecule has 2 saturated heterocycles. The van der Waals surface area contributed by atoms with E-state index in [9.17, 15) is 33.9 Å². The highest BCUT2D eigenvalue weighted by Crippen LogP contribution is 2.29. The summed E-state index contributed by atoms with van der Waals surface area (Å²) in [7, 11) is 0. The number of nitrogens with two attached hydrogens (primary N) is 2. The van der Waals surface area contributed by atoms with E-state index in [4.69, 9.17) is 30.1 Å². The molecule has 0 aromatic heterocycles. The molecule has 0 aliphatic carbocycles. The molecule has 0 unspecified atom stereocenters. The summed E-state index contributed by atoms with van der Waals surface area (Å²) in [6.45, 7) is 12.9. The molecule has 2 aliphatic rings. The summed E-state index contributed by atoms with van der Waals surface area (Å²) in [5.41, 5.74) is 6.41. The van der Waals surface area contributed by atoms with Crippen molar-refractivity contribution in [1.29, 1.82) is 0 Å². The molecule has 1 aromatic carbocycles. The van der Waals surface area contributed by atoms with Gasteiger partial charge < -0.3 is 34.7 Å². The molecule has 0 radical (unpaired) electrons. The Morgan fingerprint density at radius 3 is 1.60 bits per heavy atom. The van der Waals surface area contributed by atoms with Crippen LogP contribution < -0.4 is 21.8 Å². The summed E-state index contributed by atoms with van der Waals surface area (Å²) in [4.78, 5) is 73.0. The number of epoxide rings is 2. The van der Waals surface area contributed by atoms with Crippen LogP contribution in [0.5, 0.6) is 5.75 Å². The van der Waals surface area contributed by atoms with Crippen molar-refractivity contribution in [2.24, 2.45) is 29.4 Å². The summed E-state index contributed by atoms with van der Waals surface area (Å²) in [5.74, 6) is -1.53. The molecule has 55 heavy (non-hydrogen) atoms. The Kier molecular flexibility index (Phi) is 20.6. The van der Waals surface area contributed by atoms with Gasteiger partial charge in [-0.2, -0.15) is 0 Å². The number of nitrogens with one attached hydrogen (secondary N) is 2. The van der Waals surface area contributed by atoms with Gasteiger partial charge in [0.25, 0.3) is 0 Å². The van der Waals surface area contributed by atoms with Crippen LogP contribution in [-0.2, 0) is 54.1 Å². The number of esters is 2. The minimum absolute atomic E-state index is 0.0454. The Morgan fingerprint density at radius 1 is 0.727 bits per heavy atom. The number of phenolic OH excluding ortho intramolecular Hbond substituents is 1. The Labute approximate surface area is 324 Å². The van der Waals surface area contributed by atoms with Crippen LogP contribution in [0.15, 0.2) is 24.3 Å². The number of amidine groups is 1. The summed E-state index contributed by atoms with van der Waals surface area (Å²) in [5, 5.41) is 20.5. The molecule has 6 atom stereocenters. The Hall–Kier alpha value is -4.37. The Morgan fingerprint density at radius 2 is 1.18 bits per heavy atom. The predicted molar refractivity (Wildman–Crippen MR) is 203 cm³/mol. The van der Waals surface area contributed by atoms with Crippen molar-refractivity contribution >= 4 is 41.2 Å². The fourth-order valence-corrected chi connectivity index (χ4v) is 6.07. The number of amides is 2. The van der Waals surface area contributed by atoms with Crippen molar-refractivity contribution in [3.05, 3.63) is 29.8 Å². The third-order valence-electron chi connectivity index (χ3n) is 8.89. The van der Waals surface area contributed by atoms with E-state index in [2.05, 4.69) is 10.6 Å². The lowest BCUT2D eigenvalue weighted by molar-refractivity contribution is -0.145. The van der Waals surface area contributed by atoms with Crippen LogP contribution in [0.1, 0.15) is 98.5 Å². The SMILES string of the molecule is CCOC(=O)[C@@H]1O[C@H]1C(=O)C[C@@H](CC(C)C)C(=O)NCCCCCC(N)=[NH2+].CCOC(=O)[C@H]1O[C@@H]1C(=O)C[C@@H](CC(C)C)C(=O)NCCc1ccc(O)cc1. The van der Waals surface area contributed by atoms with E-state index in [0.29, 0.717) is 44.6 Å². The lowest BCUT2D eigenvalue weighted by atomic mass is 9.90. The second-order valence-corrected chi connectivity index (χ2v) is 14.8. The normalized spacial score (nSPS) is 19.3. The standard InChI is InChI=1S/C21H29NO6.C19H33N3O5/c1-4-27-21(26)19-18(28-19)17(24)12-15(11-13(2)3)20(25)22-10-9-14-5-7-16(23)8-6-14;1-4-26-19(25)17-16(27-17)14(23)11-13(10-12(2)3)18(24)22-9-7-5-6-8-15(20)21/h5-8,13,15,18-19,23H,4,9-12H2,1-3H3,(H,22,25);12-13,16-17H,4-11H2,1-3H3,(H3,20,21)(H,22,24)/p+1/t15-,18-,19+;13-,16+,17-/m11/s1. The number of Topliss-reactive ketones (excluding diaryl/α,β-unsaturated/α-hetero) is 2. The van der Waals surface area contributed by atoms with Gasteiger partial charge in [0.2, 0.25) is 17.6 Å². The van der Waals surface area contributed by atoms with Gasteiger partial charge in [-0.05, 0) is 75.5 Å². The molecule has 3 rings (SSSR count). The van der Waals surface area contributed by atoms with Gasteiger partial charge in [0.15, 0.2) is 36.0 Å². The van der Waals surface area contributed by atoms with Crippen molar-refractivity contribution in [3.63, 3.8) is 0 Å². The highest BCUT2D eigenvalue weighted by atomic mass is 16.6. The van der Waals surface area contributed by atoms with Crippen LogP contribution in [0.3, 0.4) is 0 Å². The molecule has 0 bridgehead atoms.